The third kappa shape index (κ3) is 2.22. The molecule has 3 heteroatoms. The minimum atomic E-state index is -0.298. The fourth-order valence-electron chi connectivity index (χ4n) is 3.14. The van der Waals surface area contributed by atoms with Crippen LogP contribution < -0.4 is 4.74 Å². The highest BCUT2D eigenvalue weighted by molar-refractivity contribution is 5.98. The van der Waals surface area contributed by atoms with Crippen molar-refractivity contribution in [1.29, 1.82) is 0 Å². The van der Waals surface area contributed by atoms with E-state index in [9.17, 15) is 4.79 Å². The van der Waals surface area contributed by atoms with Crippen LogP contribution in [0.25, 0.3) is 0 Å². The van der Waals surface area contributed by atoms with Crippen molar-refractivity contribution in [3.05, 3.63) is 65.2 Å². The number of carbonyl (C=O) groups excluding carboxylic acids is 1. The summed E-state index contributed by atoms with van der Waals surface area (Å²) in [5.41, 5.74) is 2.46. The maximum absolute atomic E-state index is 12.5. The number of carbonyl (C=O) groups is 1. The normalized spacial score (nSPS) is 23.9. The lowest BCUT2D eigenvalue weighted by Gasteiger charge is -2.29. The second-order valence-corrected chi connectivity index (χ2v) is 6.52. The van der Waals surface area contributed by atoms with Crippen LogP contribution in [0.1, 0.15) is 41.4 Å². The van der Waals surface area contributed by atoms with E-state index in [1.54, 1.807) is 0 Å². The summed E-state index contributed by atoms with van der Waals surface area (Å²) in [6.45, 7) is 4.07. The fraction of sp³-hybridized carbons (Fsp3) is 0.316. The Morgan fingerprint density at radius 3 is 2.68 bits per heavy atom. The monoisotopic (exact) mass is 294 g/mol. The van der Waals surface area contributed by atoms with Crippen molar-refractivity contribution in [1.82, 2.24) is 0 Å². The molecule has 0 saturated carbocycles. The first-order valence-electron chi connectivity index (χ1n) is 7.60. The maximum atomic E-state index is 12.5. The van der Waals surface area contributed by atoms with Crippen molar-refractivity contribution in [2.24, 2.45) is 0 Å². The molecule has 2 aromatic rings. The molecule has 1 saturated heterocycles. The lowest BCUT2D eigenvalue weighted by Crippen LogP contribution is -2.37. The molecule has 0 radical (unpaired) electrons. The van der Waals surface area contributed by atoms with Gasteiger partial charge in [-0.05, 0) is 37.6 Å². The van der Waals surface area contributed by atoms with Gasteiger partial charge in [0.15, 0.2) is 5.78 Å². The van der Waals surface area contributed by atoms with E-state index in [2.05, 4.69) is 0 Å². The lowest BCUT2D eigenvalue weighted by molar-refractivity contribution is 0.0725. The summed E-state index contributed by atoms with van der Waals surface area (Å²) in [7, 11) is 0. The molecular weight excluding hydrogens is 276 g/mol. The third-order valence-corrected chi connectivity index (χ3v) is 4.40. The Morgan fingerprint density at radius 1 is 1.14 bits per heavy atom. The molecule has 2 aliphatic rings. The van der Waals surface area contributed by atoms with Gasteiger partial charge in [-0.2, -0.15) is 0 Å². The van der Waals surface area contributed by atoms with Crippen LogP contribution in [0, 0.1) is 0 Å². The van der Waals surface area contributed by atoms with Crippen LogP contribution in [0.2, 0.25) is 0 Å². The van der Waals surface area contributed by atoms with Crippen molar-refractivity contribution < 1.29 is 14.3 Å². The molecular formula is C19H18O3. The molecule has 22 heavy (non-hydrogen) atoms. The van der Waals surface area contributed by atoms with Crippen LogP contribution in [0.15, 0.2) is 48.5 Å². The zero-order valence-electron chi connectivity index (χ0n) is 12.7. The minimum Gasteiger partial charge on any atom is -0.485 e. The molecule has 4 rings (SSSR count). The SMILES string of the molecule is CC1(C)Oc2ccc(C(=O)Cc3ccccc3)cc2[C@@H]2O[C@@H]21. The van der Waals surface area contributed by atoms with Gasteiger partial charge in [-0.3, -0.25) is 4.79 Å². The first kappa shape index (κ1) is 13.5. The summed E-state index contributed by atoms with van der Waals surface area (Å²) in [5, 5.41) is 0. The van der Waals surface area contributed by atoms with E-state index in [1.165, 1.54) is 0 Å². The van der Waals surface area contributed by atoms with Crippen LogP contribution in [0.5, 0.6) is 5.75 Å². The van der Waals surface area contributed by atoms with Gasteiger partial charge < -0.3 is 9.47 Å². The molecule has 0 aromatic heterocycles. The van der Waals surface area contributed by atoms with Gasteiger partial charge in [0.25, 0.3) is 0 Å². The van der Waals surface area contributed by atoms with E-state index in [0.717, 1.165) is 22.4 Å². The summed E-state index contributed by atoms with van der Waals surface area (Å²) in [4.78, 5) is 12.5. The van der Waals surface area contributed by atoms with E-state index >= 15 is 0 Å². The van der Waals surface area contributed by atoms with Gasteiger partial charge in [0, 0.05) is 17.5 Å². The number of hydrogen-bond donors (Lipinski definition) is 0. The topological polar surface area (TPSA) is 38.8 Å². The van der Waals surface area contributed by atoms with Crippen molar-refractivity contribution in [2.45, 2.75) is 38.1 Å². The van der Waals surface area contributed by atoms with Crippen molar-refractivity contribution >= 4 is 5.78 Å². The highest BCUT2D eigenvalue weighted by Crippen LogP contribution is 2.53. The van der Waals surface area contributed by atoms with Gasteiger partial charge >= 0.3 is 0 Å². The first-order valence-corrected chi connectivity index (χ1v) is 7.60. The predicted molar refractivity (Wildman–Crippen MR) is 83.2 cm³/mol. The molecule has 2 aliphatic heterocycles. The summed E-state index contributed by atoms with van der Waals surface area (Å²) >= 11 is 0. The second-order valence-electron chi connectivity index (χ2n) is 6.52. The highest BCUT2D eigenvalue weighted by atomic mass is 16.6. The van der Waals surface area contributed by atoms with E-state index in [0.29, 0.717) is 6.42 Å². The lowest BCUT2D eigenvalue weighted by atomic mass is 9.92. The molecule has 2 heterocycles. The Balaban J connectivity index is 1.60. The molecule has 112 valence electrons. The number of ketones is 1. The number of hydrogen-bond acceptors (Lipinski definition) is 3. The van der Waals surface area contributed by atoms with Gasteiger partial charge in [-0.15, -0.1) is 0 Å². The quantitative estimate of drug-likeness (QED) is 0.639. The van der Waals surface area contributed by atoms with Crippen LogP contribution in [-0.2, 0) is 11.2 Å². The number of benzene rings is 2. The number of fused-ring (bicyclic) bond motifs is 3. The third-order valence-electron chi connectivity index (χ3n) is 4.40. The van der Waals surface area contributed by atoms with E-state index in [-0.39, 0.29) is 23.6 Å². The molecule has 0 aliphatic carbocycles. The van der Waals surface area contributed by atoms with Gasteiger partial charge in [0.05, 0.1) is 0 Å². The van der Waals surface area contributed by atoms with Crippen molar-refractivity contribution in [3.63, 3.8) is 0 Å². The molecule has 0 N–H and O–H groups in total. The number of epoxide rings is 1. The molecule has 0 spiro atoms. The Hall–Kier alpha value is -2.13. The van der Waals surface area contributed by atoms with Crippen molar-refractivity contribution in [2.75, 3.05) is 0 Å². The largest absolute Gasteiger partial charge is 0.485 e. The summed E-state index contributed by atoms with van der Waals surface area (Å²) in [6.07, 6.45) is 0.587. The van der Waals surface area contributed by atoms with Crippen LogP contribution in [-0.4, -0.2) is 17.5 Å². The zero-order chi connectivity index (χ0) is 15.3. The average Bonchev–Trinajstić information content (AvgIpc) is 3.29. The van der Waals surface area contributed by atoms with Gasteiger partial charge in [-0.25, -0.2) is 0 Å². The van der Waals surface area contributed by atoms with Crippen LogP contribution >= 0.6 is 0 Å². The van der Waals surface area contributed by atoms with Crippen LogP contribution in [0.3, 0.4) is 0 Å². The number of rotatable bonds is 3. The molecule has 0 unspecified atom stereocenters. The Bertz CT molecular complexity index is 734. The first-order chi connectivity index (χ1) is 10.5. The van der Waals surface area contributed by atoms with Crippen LogP contribution in [0.4, 0.5) is 0 Å². The molecule has 1 fully saturated rings. The van der Waals surface area contributed by atoms with Gasteiger partial charge in [0.1, 0.15) is 23.6 Å². The molecule has 0 amide bonds. The summed E-state index contributed by atoms with van der Waals surface area (Å²) < 4.78 is 11.7. The van der Waals surface area contributed by atoms with Gasteiger partial charge in [-0.1, -0.05) is 30.3 Å². The molecule has 2 atom stereocenters. The Labute approximate surface area is 129 Å². The van der Waals surface area contributed by atoms with Gasteiger partial charge in [0.2, 0.25) is 0 Å². The average molecular weight is 294 g/mol. The maximum Gasteiger partial charge on any atom is 0.167 e. The summed E-state index contributed by atoms with van der Waals surface area (Å²) in [5.74, 6) is 0.955. The minimum absolute atomic E-state index is 0.0724. The predicted octanol–water partition coefficient (Wildman–Crippen LogP) is 3.72. The fourth-order valence-corrected chi connectivity index (χ4v) is 3.14. The number of Topliss-reactive ketones (excluding diaryl/α,β-unsaturated/α-hetero) is 1. The second kappa shape index (κ2) is 4.68. The Morgan fingerprint density at radius 2 is 1.91 bits per heavy atom. The van der Waals surface area contributed by atoms with E-state index in [4.69, 9.17) is 9.47 Å². The van der Waals surface area contributed by atoms with Crippen molar-refractivity contribution in [3.8, 4) is 5.75 Å². The van der Waals surface area contributed by atoms with E-state index < -0.39 is 0 Å². The Kier molecular flexibility index (Phi) is 2.88. The highest BCUT2D eigenvalue weighted by Gasteiger charge is 2.56. The molecule has 2 aromatic carbocycles. The molecule has 3 nitrogen and oxygen atoms in total. The van der Waals surface area contributed by atoms with E-state index in [1.807, 2.05) is 62.4 Å². The number of ether oxygens (including phenoxy) is 2. The smallest absolute Gasteiger partial charge is 0.167 e. The summed E-state index contributed by atoms with van der Waals surface area (Å²) in [6, 6.07) is 15.5. The zero-order valence-corrected chi connectivity index (χ0v) is 12.7. The standard InChI is InChI=1S/C19H18O3/c1-19(2)18-17(21-18)14-11-13(8-9-16(14)22-19)15(20)10-12-6-4-3-5-7-12/h3-9,11,17-18H,10H2,1-2H3/t17-,18-/m0/s1. The molecule has 0 bridgehead atoms.